The zero-order valence-corrected chi connectivity index (χ0v) is 11.9. The van der Waals surface area contributed by atoms with Crippen molar-refractivity contribution in [2.24, 2.45) is 11.8 Å². The first-order valence-corrected chi connectivity index (χ1v) is 6.96. The summed E-state index contributed by atoms with van der Waals surface area (Å²) in [6, 6.07) is 4.14. The number of aromatic nitrogens is 1. The van der Waals surface area contributed by atoms with Crippen LogP contribution < -0.4 is 5.32 Å². The molecule has 0 saturated carbocycles. The first-order valence-electron chi connectivity index (χ1n) is 6.96. The maximum Gasteiger partial charge on any atom is 0.147 e. The van der Waals surface area contributed by atoms with Crippen LogP contribution in [0.2, 0.25) is 0 Å². The molecule has 0 aromatic carbocycles. The Morgan fingerprint density at radius 2 is 2.21 bits per heavy atom. The second-order valence-electron chi connectivity index (χ2n) is 6.10. The lowest BCUT2D eigenvalue weighted by Gasteiger charge is -2.28. The van der Waals surface area contributed by atoms with Crippen LogP contribution in [-0.4, -0.2) is 34.9 Å². The summed E-state index contributed by atoms with van der Waals surface area (Å²) in [5, 5.41) is 3.48. The van der Waals surface area contributed by atoms with Crippen LogP contribution in [0.1, 0.15) is 32.3 Å². The number of nitrogens with zero attached hydrogens (tertiary/aromatic N) is 2. The fourth-order valence-electron chi connectivity index (χ4n) is 3.96. The number of nitrogens with one attached hydrogen (secondary N) is 1. The molecule has 19 heavy (non-hydrogen) atoms. The molecule has 1 N–H and O–H groups in total. The second-order valence-corrected chi connectivity index (χ2v) is 6.10. The van der Waals surface area contributed by atoms with E-state index < -0.39 is 0 Å². The van der Waals surface area contributed by atoms with E-state index in [4.69, 9.17) is 0 Å². The summed E-state index contributed by atoms with van der Waals surface area (Å²) in [6.07, 6.45) is 2.02. The molecule has 3 rings (SSSR count). The number of fused-ring (bicyclic) bond motifs is 3. The van der Waals surface area contributed by atoms with E-state index in [0.717, 1.165) is 5.82 Å². The third-order valence-electron chi connectivity index (χ3n) is 4.67. The Morgan fingerprint density at radius 1 is 1.47 bits per heavy atom. The van der Waals surface area contributed by atoms with Gasteiger partial charge in [-0.2, -0.15) is 0 Å². The fraction of sp³-hybridized carbons (Fsp3) is 0.600. The molecular formula is C15H21N3O. The average Bonchev–Trinajstić information content (AvgIpc) is 2.85. The minimum Gasteiger partial charge on any atom is -0.354 e. The minimum atomic E-state index is 0.0101. The summed E-state index contributed by atoms with van der Waals surface area (Å²) in [5.41, 5.74) is 1.27. The Hall–Kier alpha value is -1.42. The highest BCUT2D eigenvalue weighted by atomic mass is 16.1. The van der Waals surface area contributed by atoms with Crippen LogP contribution in [-0.2, 0) is 4.79 Å². The van der Waals surface area contributed by atoms with E-state index in [9.17, 15) is 4.79 Å². The molecule has 4 nitrogen and oxygen atoms in total. The predicted molar refractivity (Wildman–Crippen MR) is 74.9 cm³/mol. The number of hydrogen-bond acceptors (Lipinski definition) is 4. The van der Waals surface area contributed by atoms with Gasteiger partial charge in [0.25, 0.3) is 0 Å². The molecule has 3 heterocycles. The van der Waals surface area contributed by atoms with Crippen molar-refractivity contribution in [2.75, 3.05) is 12.4 Å². The molecule has 1 aromatic rings. The number of likely N-dealkylation sites (tertiary alicyclic amines) is 1. The van der Waals surface area contributed by atoms with Crippen LogP contribution in [0.5, 0.6) is 0 Å². The average molecular weight is 259 g/mol. The molecule has 1 saturated heterocycles. The summed E-state index contributed by atoms with van der Waals surface area (Å²) in [4.78, 5) is 18.6. The van der Waals surface area contributed by atoms with Gasteiger partial charge in [-0.25, -0.2) is 4.98 Å². The van der Waals surface area contributed by atoms with Gasteiger partial charge >= 0.3 is 0 Å². The SMILES string of the molecule is CC(=O)C1C(C(C)C)C2c3cccnc3NC2N1C. The van der Waals surface area contributed by atoms with Gasteiger partial charge in [-0.05, 0) is 31.9 Å². The third kappa shape index (κ3) is 1.70. The van der Waals surface area contributed by atoms with Crippen LogP contribution in [0.15, 0.2) is 18.3 Å². The molecule has 102 valence electrons. The molecule has 2 aliphatic rings. The van der Waals surface area contributed by atoms with Crippen molar-refractivity contribution in [2.45, 2.75) is 38.9 Å². The van der Waals surface area contributed by atoms with E-state index in [1.54, 1.807) is 6.92 Å². The zero-order valence-electron chi connectivity index (χ0n) is 11.9. The lowest BCUT2D eigenvalue weighted by Crippen LogP contribution is -2.42. The van der Waals surface area contributed by atoms with Crippen LogP contribution in [0.4, 0.5) is 5.82 Å². The highest BCUT2D eigenvalue weighted by Gasteiger charge is 2.54. The molecule has 2 aliphatic heterocycles. The van der Waals surface area contributed by atoms with Gasteiger partial charge in [0.15, 0.2) is 0 Å². The van der Waals surface area contributed by atoms with Gasteiger partial charge in [-0.15, -0.1) is 0 Å². The predicted octanol–water partition coefficient (Wildman–Crippen LogP) is 2.09. The van der Waals surface area contributed by atoms with Crippen molar-refractivity contribution >= 4 is 11.6 Å². The largest absolute Gasteiger partial charge is 0.354 e. The number of carbonyl (C=O) groups excluding carboxylic acids is 1. The second kappa shape index (κ2) is 4.30. The van der Waals surface area contributed by atoms with Gasteiger partial charge in [0.2, 0.25) is 0 Å². The number of likely N-dealkylation sites (N-methyl/N-ethyl adjacent to an activating group) is 1. The van der Waals surface area contributed by atoms with Crippen LogP contribution in [0, 0.1) is 11.8 Å². The van der Waals surface area contributed by atoms with Crippen LogP contribution in [0.3, 0.4) is 0 Å². The van der Waals surface area contributed by atoms with Crippen molar-refractivity contribution in [3.05, 3.63) is 23.9 Å². The first-order chi connectivity index (χ1) is 9.02. The Kier molecular flexibility index (Phi) is 2.86. The molecule has 4 heteroatoms. The zero-order chi connectivity index (χ0) is 13.7. The van der Waals surface area contributed by atoms with E-state index in [2.05, 4.69) is 35.1 Å². The number of ketones is 1. The van der Waals surface area contributed by atoms with E-state index >= 15 is 0 Å². The topological polar surface area (TPSA) is 45.2 Å². The normalized spacial score (nSPS) is 33.1. The van der Waals surface area contributed by atoms with Crippen molar-refractivity contribution in [1.29, 1.82) is 0 Å². The standard InChI is InChI=1S/C15H21N3O/c1-8(2)11-12-10-6-5-7-16-14(10)17-15(12)18(4)13(11)9(3)19/h5-8,11-13,15H,1-4H3,(H,16,17). The van der Waals surface area contributed by atoms with Crippen LogP contribution in [0.25, 0.3) is 0 Å². The number of carbonyl (C=O) groups is 1. The molecule has 0 bridgehead atoms. The molecule has 1 aromatic heterocycles. The number of Topliss-reactive ketones (excluding diaryl/α,β-unsaturated/α-hetero) is 1. The Balaban J connectivity index is 2.07. The molecule has 0 amide bonds. The molecule has 4 unspecified atom stereocenters. The van der Waals surface area contributed by atoms with Gasteiger partial charge in [0.1, 0.15) is 11.6 Å². The minimum absolute atomic E-state index is 0.0101. The maximum atomic E-state index is 12.0. The van der Waals surface area contributed by atoms with Crippen molar-refractivity contribution in [3.8, 4) is 0 Å². The highest BCUT2D eigenvalue weighted by Crippen LogP contribution is 2.50. The Morgan fingerprint density at radius 3 is 2.84 bits per heavy atom. The third-order valence-corrected chi connectivity index (χ3v) is 4.67. The van der Waals surface area contributed by atoms with Gasteiger partial charge < -0.3 is 5.32 Å². The van der Waals surface area contributed by atoms with Gasteiger partial charge in [0, 0.05) is 17.7 Å². The quantitative estimate of drug-likeness (QED) is 0.883. The fourth-order valence-corrected chi connectivity index (χ4v) is 3.96. The molecular weight excluding hydrogens is 238 g/mol. The molecule has 1 fully saturated rings. The highest BCUT2D eigenvalue weighted by molar-refractivity contribution is 5.83. The number of pyridine rings is 1. The van der Waals surface area contributed by atoms with Gasteiger partial charge in [-0.1, -0.05) is 19.9 Å². The lowest BCUT2D eigenvalue weighted by atomic mass is 9.77. The summed E-state index contributed by atoms with van der Waals surface area (Å²) in [5.74, 6) is 2.44. The van der Waals surface area contributed by atoms with Crippen LogP contribution >= 0.6 is 0 Å². The molecule has 0 spiro atoms. The molecule has 0 radical (unpaired) electrons. The summed E-state index contributed by atoms with van der Waals surface area (Å²) in [7, 11) is 2.05. The summed E-state index contributed by atoms with van der Waals surface area (Å²) < 4.78 is 0. The van der Waals surface area contributed by atoms with Gasteiger partial charge in [-0.3, -0.25) is 9.69 Å². The van der Waals surface area contributed by atoms with E-state index in [0.29, 0.717) is 17.8 Å². The Bertz CT molecular complexity index is 514. The maximum absolute atomic E-state index is 12.0. The van der Waals surface area contributed by atoms with Crippen molar-refractivity contribution in [3.63, 3.8) is 0 Å². The number of hydrogen-bond donors (Lipinski definition) is 1. The van der Waals surface area contributed by atoms with Crippen molar-refractivity contribution < 1.29 is 4.79 Å². The van der Waals surface area contributed by atoms with E-state index in [-0.39, 0.29) is 18.0 Å². The Labute approximate surface area is 114 Å². The lowest BCUT2D eigenvalue weighted by molar-refractivity contribution is -0.122. The van der Waals surface area contributed by atoms with Crippen molar-refractivity contribution in [1.82, 2.24) is 9.88 Å². The number of anilines is 1. The first kappa shape index (κ1) is 12.6. The molecule has 4 atom stereocenters. The van der Waals surface area contributed by atoms with Gasteiger partial charge in [0.05, 0.1) is 12.2 Å². The van der Waals surface area contributed by atoms with E-state index in [1.807, 2.05) is 19.3 Å². The molecule has 0 aliphatic carbocycles. The summed E-state index contributed by atoms with van der Waals surface area (Å²) >= 11 is 0. The smallest absolute Gasteiger partial charge is 0.147 e. The van der Waals surface area contributed by atoms with E-state index in [1.165, 1.54) is 5.56 Å². The summed E-state index contributed by atoms with van der Waals surface area (Å²) in [6.45, 7) is 6.14. The number of rotatable bonds is 2. The monoisotopic (exact) mass is 259 g/mol.